The van der Waals surface area contributed by atoms with Gasteiger partial charge in [0.05, 0.1) is 6.54 Å². The summed E-state index contributed by atoms with van der Waals surface area (Å²) in [7, 11) is 1.65. The van der Waals surface area contributed by atoms with Gasteiger partial charge in [0.25, 0.3) is 0 Å². The van der Waals surface area contributed by atoms with Crippen molar-refractivity contribution in [2.75, 3.05) is 37.3 Å². The number of carbonyl (C=O) groups excluding carboxylic acids is 1. The van der Waals surface area contributed by atoms with Crippen molar-refractivity contribution in [2.45, 2.75) is 12.6 Å². The first-order valence-electron chi connectivity index (χ1n) is 5.98. The summed E-state index contributed by atoms with van der Waals surface area (Å²) >= 11 is 0. The Balaban J connectivity index is 2.32. The Kier molecular flexibility index (Phi) is 3.69. The number of nitrogens with zero attached hydrogens (tertiary/aromatic N) is 4. The molecule has 0 bridgehead atoms. The van der Waals surface area contributed by atoms with E-state index in [2.05, 4.69) is 9.97 Å². The van der Waals surface area contributed by atoms with Crippen LogP contribution in [0.5, 0.6) is 0 Å². The Labute approximate surface area is 113 Å². The Hall–Kier alpha value is -2.06. The summed E-state index contributed by atoms with van der Waals surface area (Å²) in [5.41, 5.74) is 4.21. The van der Waals surface area contributed by atoms with Gasteiger partial charge in [-0.2, -0.15) is 18.2 Å². The first-order valence-corrected chi connectivity index (χ1v) is 5.98. The van der Waals surface area contributed by atoms with Crippen LogP contribution in [0.4, 0.5) is 24.9 Å². The maximum atomic E-state index is 12.7. The van der Waals surface area contributed by atoms with Crippen molar-refractivity contribution < 1.29 is 18.0 Å². The Morgan fingerprint density at radius 3 is 2.65 bits per heavy atom. The van der Waals surface area contributed by atoms with Gasteiger partial charge in [-0.1, -0.05) is 0 Å². The maximum absolute atomic E-state index is 12.7. The minimum Gasteiger partial charge on any atom is -0.368 e. The topological polar surface area (TPSA) is 75.3 Å². The fourth-order valence-corrected chi connectivity index (χ4v) is 1.94. The van der Waals surface area contributed by atoms with Crippen molar-refractivity contribution in [1.82, 2.24) is 14.9 Å². The standard InChI is InChI=1S/C11H14F3N5O/c1-18-3-2-4-19(6-9(18)20)8-5-7(11(12,13)14)16-10(15)17-8/h5H,2-4,6H2,1H3,(H2,15,16,17). The highest BCUT2D eigenvalue weighted by Gasteiger charge is 2.34. The quantitative estimate of drug-likeness (QED) is 0.825. The van der Waals surface area contributed by atoms with Gasteiger partial charge in [0.1, 0.15) is 5.82 Å². The van der Waals surface area contributed by atoms with Gasteiger partial charge in [-0.05, 0) is 6.42 Å². The molecule has 6 nitrogen and oxygen atoms in total. The van der Waals surface area contributed by atoms with Crippen molar-refractivity contribution in [3.8, 4) is 0 Å². The summed E-state index contributed by atoms with van der Waals surface area (Å²) in [5.74, 6) is -0.610. The van der Waals surface area contributed by atoms with Gasteiger partial charge in [-0.15, -0.1) is 0 Å². The van der Waals surface area contributed by atoms with Crippen LogP contribution in [0, 0.1) is 0 Å². The Bertz CT molecular complexity index is 519. The first-order chi connectivity index (χ1) is 9.27. The van der Waals surface area contributed by atoms with Gasteiger partial charge in [-0.3, -0.25) is 4.79 Å². The molecule has 0 atom stereocenters. The monoisotopic (exact) mass is 289 g/mol. The molecule has 1 aliphatic rings. The van der Waals surface area contributed by atoms with Crippen LogP contribution in [0.2, 0.25) is 0 Å². The summed E-state index contributed by atoms with van der Waals surface area (Å²) in [6.07, 6.45) is -3.95. The normalized spacial score (nSPS) is 17.3. The third kappa shape index (κ3) is 3.09. The molecular weight excluding hydrogens is 275 g/mol. The van der Waals surface area contributed by atoms with Crippen LogP contribution in [0.15, 0.2) is 6.07 Å². The lowest BCUT2D eigenvalue weighted by Crippen LogP contribution is -2.35. The lowest BCUT2D eigenvalue weighted by Gasteiger charge is -2.21. The van der Waals surface area contributed by atoms with Crippen LogP contribution in [-0.2, 0) is 11.0 Å². The van der Waals surface area contributed by atoms with E-state index in [-0.39, 0.29) is 18.3 Å². The number of carbonyl (C=O) groups is 1. The number of hydrogen-bond acceptors (Lipinski definition) is 5. The molecule has 1 fully saturated rings. The third-order valence-electron chi connectivity index (χ3n) is 3.02. The number of hydrogen-bond donors (Lipinski definition) is 1. The van der Waals surface area contributed by atoms with E-state index in [1.165, 1.54) is 9.80 Å². The van der Waals surface area contributed by atoms with Gasteiger partial charge >= 0.3 is 6.18 Å². The molecule has 1 amide bonds. The average Bonchev–Trinajstić information content (AvgIpc) is 2.50. The molecule has 0 unspecified atom stereocenters. The number of alkyl halides is 3. The zero-order valence-corrected chi connectivity index (χ0v) is 10.8. The number of anilines is 2. The molecule has 0 saturated carbocycles. The van der Waals surface area contributed by atoms with Crippen molar-refractivity contribution >= 4 is 17.7 Å². The van der Waals surface area contributed by atoms with Crippen LogP contribution in [0.1, 0.15) is 12.1 Å². The lowest BCUT2D eigenvalue weighted by atomic mass is 10.3. The lowest BCUT2D eigenvalue weighted by molar-refractivity contribution is -0.141. The van der Waals surface area contributed by atoms with E-state index >= 15 is 0 Å². The van der Waals surface area contributed by atoms with E-state index in [0.29, 0.717) is 19.5 Å². The fourth-order valence-electron chi connectivity index (χ4n) is 1.94. The summed E-state index contributed by atoms with van der Waals surface area (Å²) in [6.45, 7) is 0.968. The maximum Gasteiger partial charge on any atom is 0.433 e. The average molecular weight is 289 g/mol. The summed E-state index contributed by atoms with van der Waals surface area (Å²) in [6, 6.07) is 0.814. The minimum atomic E-state index is -4.60. The number of amides is 1. The fraction of sp³-hybridized carbons (Fsp3) is 0.545. The smallest absolute Gasteiger partial charge is 0.368 e. The van der Waals surface area contributed by atoms with E-state index in [1.54, 1.807) is 7.05 Å². The number of likely N-dealkylation sites (N-methyl/N-ethyl adjacent to an activating group) is 1. The van der Waals surface area contributed by atoms with Crippen LogP contribution < -0.4 is 10.6 Å². The molecule has 2 heterocycles. The third-order valence-corrected chi connectivity index (χ3v) is 3.02. The van der Waals surface area contributed by atoms with Crippen molar-refractivity contribution in [3.05, 3.63) is 11.8 Å². The second kappa shape index (κ2) is 5.14. The Morgan fingerprint density at radius 2 is 2.00 bits per heavy atom. The molecule has 20 heavy (non-hydrogen) atoms. The SMILES string of the molecule is CN1CCCN(c2cc(C(F)(F)F)nc(N)n2)CC1=O. The number of halogens is 3. The number of rotatable bonds is 1. The van der Waals surface area contributed by atoms with E-state index in [1.807, 2.05) is 0 Å². The van der Waals surface area contributed by atoms with E-state index in [4.69, 9.17) is 5.73 Å². The summed E-state index contributed by atoms with van der Waals surface area (Å²) in [5, 5.41) is 0. The zero-order chi connectivity index (χ0) is 14.9. The number of nitrogen functional groups attached to an aromatic ring is 1. The van der Waals surface area contributed by atoms with Crippen LogP contribution >= 0.6 is 0 Å². The summed E-state index contributed by atoms with van der Waals surface area (Å²) < 4.78 is 38.1. The van der Waals surface area contributed by atoms with Crippen molar-refractivity contribution in [3.63, 3.8) is 0 Å². The molecule has 1 aromatic rings. The van der Waals surface area contributed by atoms with Crippen LogP contribution in [0.25, 0.3) is 0 Å². The number of aromatic nitrogens is 2. The highest BCUT2D eigenvalue weighted by atomic mass is 19.4. The largest absolute Gasteiger partial charge is 0.433 e. The second-order valence-electron chi connectivity index (χ2n) is 4.56. The molecule has 1 aromatic heterocycles. The van der Waals surface area contributed by atoms with Gasteiger partial charge < -0.3 is 15.5 Å². The highest BCUT2D eigenvalue weighted by Crippen LogP contribution is 2.30. The zero-order valence-electron chi connectivity index (χ0n) is 10.8. The second-order valence-corrected chi connectivity index (χ2v) is 4.56. The molecule has 9 heteroatoms. The van der Waals surface area contributed by atoms with Gasteiger partial charge in [0.15, 0.2) is 5.69 Å². The highest BCUT2D eigenvalue weighted by molar-refractivity contribution is 5.81. The van der Waals surface area contributed by atoms with Crippen molar-refractivity contribution in [1.29, 1.82) is 0 Å². The molecular formula is C11H14F3N5O. The molecule has 2 rings (SSSR count). The van der Waals surface area contributed by atoms with Crippen LogP contribution in [-0.4, -0.2) is 47.5 Å². The molecule has 0 aromatic carbocycles. The van der Waals surface area contributed by atoms with Crippen LogP contribution in [0.3, 0.4) is 0 Å². The van der Waals surface area contributed by atoms with Gasteiger partial charge in [0, 0.05) is 26.2 Å². The molecule has 1 aliphatic heterocycles. The van der Waals surface area contributed by atoms with Gasteiger partial charge in [-0.25, -0.2) is 4.98 Å². The molecule has 0 spiro atoms. The predicted octanol–water partition coefficient (Wildman–Crippen LogP) is 0.746. The first kappa shape index (κ1) is 14.4. The molecule has 0 aliphatic carbocycles. The van der Waals surface area contributed by atoms with Gasteiger partial charge in [0.2, 0.25) is 11.9 Å². The number of nitrogens with two attached hydrogens (primary N) is 1. The predicted molar refractivity (Wildman–Crippen MR) is 65.9 cm³/mol. The van der Waals surface area contributed by atoms with E-state index in [9.17, 15) is 18.0 Å². The van der Waals surface area contributed by atoms with Crippen molar-refractivity contribution in [2.24, 2.45) is 0 Å². The van der Waals surface area contributed by atoms with E-state index in [0.717, 1.165) is 6.07 Å². The molecule has 1 saturated heterocycles. The molecule has 2 N–H and O–H groups in total. The minimum absolute atomic E-state index is 0.0217. The molecule has 110 valence electrons. The molecule has 0 radical (unpaired) electrons. The Morgan fingerprint density at radius 1 is 1.30 bits per heavy atom. The summed E-state index contributed by atoms with van der Waals surface area (Å²) in [4.78, 5) is 21.7. The van der Waals surface area contributed by atoms with E-state index < -0.39 is 17.8 Å².